The van der Waals surface area contributed by atoms with Gasteiger partial charge in [-0.3, -0.25) is 0 Å². The molecule has 0 bridgehead atoms. The molecule has 0 N–H and O–H groups in total. The molecule has 134 valence electrons. The molecular weight excluding hydrogens is 319 g/mol. The van der Waals surface area contributed by atoms with Gasteiger partial charge in [-0.25, -0.2) is 4.39 Å². The Kier molecular flexibility index (Phi) is 5.88. The quantitative estimate of drug-likeness (QED) is 0.437. The third-order valence-corrected chi connectivity index (χ3v) is 4.91. The molecule has 0 saturated carbocycles. The lowest BCUT2D eigenvalue weighted by molar-refractivity contribution is 0.632. The van der Waals surface area contributed by atoms with Crippen molar-refractivity contribution in [1.29, 1.82) is 0 Å². The first-order valence-corrected chi connectivity index (χ1v) is 9.61. The summed E-state index contributed by atoms with van der Waals surface area (Å²) >= 11 is 0. The van der Waals surface area contributed by atoms with Crippen molar-refractivity contribution in [2.75, 3.05) is 0 Å². The van der Waals surface area contributed by atoms with E-state index in [1.807, 2.05) is 24.3 Å². The van der Waals surface area contributed by atoms with Gasteiger partial charge in [0.1, 0.15) is 5.82 Å². The van der Waals surface area contributed by atoms with Crippen molar-refractivity contribution in [3.63, 3.8) is 0 Å². The Bertz CT molecular complexity index is 875. The zero-order chi connectivity index (χ0) is 18.5. The zero-order valence-corrected chi connectivity index (χ0v) is 16.0. The molecule has 0 aliphatic rings. The standard InChI is InChI=1S/C25H27F/c1-4-6-19-12-13-23(16-21(19)7-5-2)24-15-14-22(17-25(24)26)20-10-8-18(3)9-11-20/h8-17H,4-7H2,1-3H3. The molecule has 0 aliphatic heterocycles. The Morgan fingerprint density at radius 3 is 1.92 bits per heavy atom. The molecule has 0 aliphatic carbocycles. The predicted molar refractivity (Wildman–Crippen MR) is 110 cm³/mol. The van der Waals surface area contributed by atoms with E-state index >= 15 is 0 Å². The predicted octanol–water partition coefficient (Wildman–Crippen LogP) is 7.37. The molecule has 0 aromatic heterocycles. The minimum atomic E-state index is -0.159. The highest BCUT2D eigenvalue weighted by Gasteiger charge is 2.10. The van der Waals surface area contributed by atoms with Crippen molar-refractivity contribution in [2.24, 2.45) is 0 Å². The van der Waals surface area contributed by atoms with Gasteiger partial charge in [-0.1, -0.05) is 86.8 Å². The van der Waals surface area contributed by atoms with Crippen LogP contribution in [0, 0.1) is 12.7 Å². The Labute approximate surface area is 156 Å². The van der Waals surface area contributed by atoms with Crippen LogP contribution in [0.5, 0.6) is 0 Å². The SMILES string of the molecule is CCCc1ccc(-c2ccc(-c3ccc(C)cc3)cc2F)cc1CCC. The average Bonchev–Trinajstić information content (AvgIpc) is 2.64. The number of aryl methyl sites for hydroxylation is 3. The van der Waals surface area contributed by atoms with Crippen molar-refractivity contribution < 1.29 is 4.39 Å². The summed E-state index contributed by atoms with van der Waals surface area (Å²) in [7, 11) is 0. The van der Waals surface area contributed by atoms with E-state index in [1.54, 1.807) is 6.07 Å². The van der Waals surface area contributed by atoms with Crippen LogP contribution in [0.4, 0.5) is 4.39 Å². The van der Waals surface area contributed by atoms with Crippen LogP contribution in [0.15, 0.2) is 60.7 Å². The fourth-order valence-corrected chi connectivity index (χ4v) is 3.48. The van der Waals surface area contributed by atoms with Gasteiger partial charge in [0.05, 0.1) is 0 Å². The molecule has 0 unspecified atom stereocenters. The average molecular weight is 346 g/mol. The van der Waals surface area contributed by atoms with Gasteiger partial charge in [-0.15, -0.1) is 0 Å². The van der Waals surface area contributed by atoms with Crippen LogP contribution in [-0.2, 0) is 12.8 Å². The smallest absolute Gasteiger partial charge is 0.131 e. The molecule has 0 spiro atoms. The molecule has 0 nitrogen and oxygen atoms in total. The third kappa shape index (κ3) is 4.04. The van der Waals surface area contributed by atoms with Gasteiger partial charge in [-0.2, -0.15) is 0 Å². The molecule has 0 atom stereocenters. The van der Waals surface area contributed by atoms with Gasteiger partial charge in [0.15, 0.2) is 0 Å². The van der Waals surface area contributed by atoms with Crippen molar-refractivity contribution in [1.82, 2.24) is 0 Å². The molecule has 0 radical (unpaired) electrons. The maximum Gasteiger partial charge on any atom is 0.131 e. The van der Waals surface area contributed by atoms with Crippen LogP contribution < -0.4 is 0 Å². The normalized spacial score (nSPS) is 10.9. The number of halogens is 1. The third-order valence-electron chi connectivity index (χ3n) is 4.91. The van der Waals surface area contributed by atoms with E-state index in [2.05, 4.69) is 51.1 Å². The van der Waals surface area contributed by atoms with Crippen LogP contribution in [-0.4, -0.2) is 0 Å². The number of rotatable bonds is 6. The molecule has 3 aromatic carbocycles. The van der Waals surface area contributed by atoms with Crippen LogP contribution in [0.3, 0.4) is 0 Å². The van der Waals surface area contributed by atoms with Gasteiger partial charge in [0.2, 0.25) is 0 Å². The summed E-state index contributed by atoms with van der Waals surface area (Å²) in [5.74, 6) is -0.159. The second kappa shape index (κ2) is 8.31. The molecule has 0 heterocycles. The van der Waals surface area contributed by atoms with Gasteiger partial charge in [-0.05, 0) is 53.6 Å². The fourth-order valence-electron chi connectivity index (χ4n) is 3.48. The summed E-state index contributed by atoms with van der Waals surface area (Å²) in [5.41, 5.74) is 7.58. The van der Waals surface area contributed by atoms with Gasteiger partial charge in [0, 0.05) is 5.56 Å². The lowest BCUT2D eigenvalue weighted by Crippen LogP contribution is -1.96. The van der Waals surface area contributed by atoms with Gasteiger partial charge < -0.3 is 0 Å². The first kappa shape index (κ1) is 18.4. The Hall–Kier alpha value is -2.41. The van der Waals surface area contributed by atoms with Crippen molar-refractivity contribution in [3.05, 3.63) is 83.2 Å². The summed E-state index contributed by atoms with van der Waals surface area (Å²) < 4.78 is 14.9. The van der Waals surface area contributed by atoms with E-state index in [0.29, 0.717) is 5.56 Å². The number of benzene rings is 3. The molecule has 0 amide bonds. The van der Waals surface area contributed by atoms with E-state index in [-0.39, 0.29) is 5.82 Å². The van der Waals surface area contributed by atoms with Gasteiger partial charge >= 0.3 is 0 Å². The summed E-state index contributed by atoms with van der Waals surface area (Å²) in [5, 5.41) is 0. The highest BCUT2D eigenvalue weighted by Crippen LogP contribution is 2.30. The van der Waals surface area contributed by atoms with Crippen LogP contribution in [0.25, 0.3) is 22.3 Å². The van der Waals surface area contributed by atoms with E-state index < -0.39 is 0 Å². The number of hydrogen-bond donors (Lipinski definition) is 0. The summed E-state index contributed by atoms with van der Waals surface area (Å²) in [4.78, 5) is 0. The maximum absolute atomic E-state index is 14.9. The molecule has 3 rings (SSSR count). The fraction of sp³-hybridized carbons (Fsp3) is 0.280. The lowest BCUT2D eigenvalue weighted by Gasteiger charge is -2.12. The monoisotopic (exact) mass is 346 g/mol. The minimum absolute atomic E-state index is 0.159. The summed E-state index contributed by atoms with van der Waals surface area (Å²) in [6.45, 7) is 6.45. The van der Waals surface area contributed by atoms with Crippen molar-refractivity contribution >= 4 is 0 Å². The molecule has 3 aromatic rings. The van der Waals surface area contributed by atoms with Crippen LogP contribution in [0.2, 0.25) is 0 Å². The zero-order valence-electron chi connectivity index (χ0n) is 16.0. The highest BCUT2D eigenvalue weighted by molar-refractivity contribution is 5.71. The molecule has 26 heavy (non-hydrogen) atoms. The molecule has 1 heteroatoms. The summed E-state index contributed by atoms with van der Waals surface area (Å²) in [6.07, 6.45) is 4.38. The molecular formula is C25H27F. The second-order valence-corrected chi connectivity index (χ2v) is 7.04. The summed E-state index contributed by atoms with van der Waals surface area (Å²) in [6, 6.07) is 20.2. The highest BCUT2D eigenvalue weighted by atomic mass is 19.1. The first-order chi connectivity index (χ1) is 12.6. The Morgan fingerprint density at radius 1 is 0.654 bits per heavy atom. The maximum atomic E-state index is 14.9. The molecule has 0 saturated heterocycles. The van der Waals surface area contributed by atoms with Crippen LogP contribution in [0.1, 0.15) is 43.4 Å². The first-order valence-electron chi connectivity index (χ1n) is 9.61. The minimum Gasteiger partial charge on any atom is -0.206 e. The van der Waals surface area contributed by atoms with E-state index in [9.17, 15) is 4.39 Å². The number of hydrogen-bond acceptors (Lipinski definition) is 0. The van der Waals surface area contributed by atoms with E-state index in [1.165, 1.54) is 16.7 Å². The second-order valence-electron chi connectivity index (χ2n) is 7.04. The van der Waals surface area contributed by atoms with Crippen molar-refractivity contribution in [3.8, 4) is 22.3 Å². The van der Waals surface area contributed by atoms with E-state index in [0.717, 1.165) is 42.4 Å². The van der Waals surface area contributed by atoms with E-state index in [4.69, 9.17) is 0 Å². The Balaban J connectivity index is 1.96. The lowest BCUT2D eigenvalue weighted by atomic mass is 9.93. The van der Waals surface area contributed by atoms with Crippen molar-refractivity contribution in [2.45, 2.75) is 46.5 Å². The van der Waals surface area contributed by atoms with Gasteiger partial charge in [0.25, 0.3) is 0 Å². The molecule has 0 fully saturated rings. The Morgan fingerprint density at radius 2 is 1.27 bits per heavy atom. The van der Waals surface area contributed by atoms with Crippen LogP contribution >= 0.6 is 0 Å². The topological polar surface area (TPSA) is 0 Å². The largest absolute Gasteiger partial charge is 0.206 e.